The van der Waals surface area contributed by atoms with Crippen molar-refractivity contribution >= 4 is 22.6 Å². The second kappa shape index (κ2) is 3.16. The number of thioether (sulfide) groups is 1. The third-order valence-electron chi connectivity index (χ3n) is 1.29. The lowest BCUT2D eigenvalue weighted by molar-refractivity contribution is -0.108. The average molecular weight is 188 g/mol. The van der Waals surface area contributed by atoms with E-state index in [0.29, 0.717) is 11.8 Å². The molecular weight excluding hydrogens is 180 g/mol. The second-order valence-corrected chi connectivity index (χ2v) is 3.30. The van der Waals surface area contributed by atoms with E-state index >= 15 is 0 Å². The molecule has 66 valence electrons. The molecular formula is C6H8N2O3S. The Morgan fingerprint density at radius 1 is 1.75 bits per heavy atom. The van der Waals surface area contributed by atoms with E-state index < -0.39 is 16.6 Å². The van der Waals surface area contributed by atoms with Gasteiger partial charge in [-0.3, -0.25) is 4.79 Å². The van der Waals surface area contributed by atoms with Gasteiger partial charge in [-0.05, 0) is 18.7 Å². The highest BCUT2D eigenvalue weighted by Gasteiger charge is 2.27. The van der Waals surface area contributed by atoms with Gasteiger partial charge in [-0.1, -0.05) is 0 Å². The van der Waals surface area contributed by atoms with Gasteiger partial charge in [0.05, 0.1) is 0 Å². The molecule has 4 N–H and O–H groups in total. The number of hydrogen-bond donors (Lipinski definition) is 4. The summed E-state index contributed by atoms with van der Waals surface area (Å²) in [5.41, 5.74) is -1.23. The third-order valence-corrected chi connectivity index (χ3v) is 2.05. The van der Waals surface area contributed by atoms with E-state index in [1.54, 1.807) is 0 Å². The maximum Gasteiger partial charge on any atom is 0.230 e. The van der Waals surface area contributed by atoms with E-state index in [2.05, 4.69) is 5.32 Å². The Kier molecular flexibility index (Phi) is 2.39. The van der Waals surface area contributed by atoms with Gasteiger partial charge in [-0.2, -0.15) is 0 Å². The highest BCUT2D eigenvalue weighted by atomic mass is 32.2. The molecule has 1 atom stereocenters. The monoisotopic (exact) mass is 188 g/mol. The molecule has 0 aliphatic carbocycles. The van der Waals surface area contributed by atoms with Crippen LogP contribution in [0.5, 0.6) is 0 Å². The highest BCUT2D eigenvalue weighted by Crippen LogP contribution is 2.21. The number of rotatable bonds is 1. The summed E-state index contributed by atoms with van der Waals surface area (Å²) in [5, 5.41) is 26.9. The van der Waals surface area contributed by atoms with E-state index in [1.807, 2.05) is 0 Å². The van der Waals surface area contributed by atoms with E-state index in [0.717, 1.165) is 0 Å². The minimum absolute atomic E-state index is 0.0237. The molecule has 1 aliphatic rings. The van der Waals surface area contributed by atoms with Crippen molar-refractivity contribution in [2.24, 2.45) is 0 Å². The Hall–Kier alpha value is -1.01. The second-order valence-electron chi connectivity index (χ2n) is 2.25. The Morgan fingerprint density at radius 2 is 2.33 bits per heavy atom. The summed E-state index contributed by atoms with van der Waals surface area (Å²) in [6.45, 7) is 1.39. The molecule has 0 aromatic rings. The minimum Gasteiger partial charge on any atom is -0.494 e. The molecule has 1 aliphatic heterocycles. The molecule has 12 heavy (non-hydrogen) atoms. The Labute approximate surface area is 73.0 Å². The van der Waals surface area contributed by atoms with Crippen LogP contribution in [0.15, 0.2) is 11.5 Å². The summed E-state index contributed by atoms with van der Waals surface area (Å²) < 4.78 is 0. The minimum atomic E-state index is -1.12. The zero-order valence-corrected chi connectivity index (χ0v) is 7.10. The molecule has 0 spiro atoms. The topological polar surface area (TPSA) is 93.4 Å². The number of carbonyl (C=O) groups is 1. The summed E-state index contributed by atoms with van der Waals surface area (Å²) in [4.78, 5) is 11.1. The number of nitrogens with one attached hydrogen (secondary N) is 2. The number of aliphatic hydroxyl groups excluding tert-OH is 2. The summed E-state index contributed by atoms with van der Waals surface area (Å²) in [7, 11) is 0. The van der Waals surface area contributed by atoms with Crippen LogP contribution in [0, 0.1) is 5.41 Å². The maximum atomic E-state index is 11.1. The van der Waals surface area contributed by atoms with Crippen LogP contribution in [-0.4, -0.2) is 26.6 Å². The highest BCUT2D eigenvalue weighted by molar-refractivity contribution is 8.14. The van der Waals surface area contributed by atoms with E-state index in [-0.39, 0.29) is 11.3 Å². The Morgan fingerprint density at radius 3 is 2.75 bits per heavy atom. The number of hydrogen-bond acceptors (Lipinski definition) is 6. The molecule has 0 amide bonds. The first kappa shape index (κ1) is 9.08. The van der Waals surface area contributed by atoms with E-state index in [9.17, 15) is 4.79 Å². The SMILES string of the molecule is CC(=N)C1=C(O)NC(O)SC1=O. The van der Waals surface area contributed by atoms with Gasteiger partial charge in [0.2, 0.25) is 11.0 Å². The van der Waals surface area contributed by atoms with Gasteiger partial charge in [0.25, 0.3) is 0 Å². The molecule has 1 rings (SSSR count). The van der Waals surface area contributed by atoms with Gasteiger partial charge in [0.15, 0.2) is 5.56 Å². The zero-order valence-electron chi connectivity index (χ0n) is 6.29. The van der Waals surface area contributed by atoms with Gasteiger partial charge in [-0.25, -0.2) is 0 Å². The molecule has 0 fully saturated rings. The molecule has 0 bridgehead atoms. The normalized spacial score (nSPS) is 23.8. The van der Waals surface area contributed by atoms with Crippen LogP contribution >= 0.6 is 11.8 Å². The van der Waals surface area contributed by atoms with Gasteiger partial charge in [0, 0.05) is 5.71 Å². The van der Waals surface area contributed by atoms with Crippen LogP contribution in [-0.2, 0) is 4.79 Å². The zero-order chi connectivity index (χ0) is 9.30. The van der Waals surface area contributed by atoms with Crippen LogP contribution in [0.25, 0.3) is 0 Å². The average Bonchev–Trinajstić information content (AvgIpc) is 1.82. The van der Waals surface area contributed by atoms with Crippen molar-refractivity contribution in [3.8, 4) is 0 Å². The molecule has 1 unspecified atom stereocenters. The smallest absolute Gasteiger partial charge is 0.230 e. The summed E-state index contributed by atoms with van der Waals surface area (Å²) in [6, 6.07) is 0. The van der Waals surface area contributed by atoms with E-state index in [4.69, 9.17) is 15.6 Å². The first-order chi connectivity index (χ1) is 5.52. The van der Waals surface area contributed by atoms with Gasteiger partial charge in [-0.15, -0.1) is 0 Å². The van der Waals surface area contributed by atoms with Gasteiger partial charge >= 0.3 is 0 Å². The molecule has 1 heterocycles. The first-order valence-corrected chi connectivity index (χ1v) is 4.04. The van der Waals surface area contributed by atoms with Crippen molar-refractivity contribution in [2.75, 3.05) is 0 Å². The molecule has 0 radical (unpaired) electrons. The summed E-state index contributed by atoms with van der Waals surface area (Å²) in [5.74, 6) is -0.432. The Bertz CT molecular complexity index is 274. The fourth-order valence-corrected chi connectivity index (χ4v) is 1.55. The van der Waals surface area contributed by atoms with Gasteiger partial charge < -0.3 is 20.9 Å². The molecule has 5 nitrogen and oxygen atoms in total. The quantitative estimate of drug-likeness (QED) is 0.432. The summed E-state index contributed by atoms with van der Waals surface area (Å²) >= 11 is 0.628. The van der Waals surface area contributed by atoms with Crippen LogP contribution in [0.2, 0.25) is 0 Å². The standard InChI is InChI=1S/C6H8N2O3S/c1-2(7)3-4(9)8-6(11)12-5(3)10/h6-9,11H,1H3. The third kappa shape index (κ3) is 1.59. The van der Waals surface area contributed by atoms with Crippen LogP contribution < -0.4 is 5.32 Å². The van der Waals surface area contributed by atoms with E-state index in [1.165, 1.54) is 6.92 Å². The fourth-order valence-electron chi connectivity index (χ4n) is 0.806. The van der Waals surface area contributed by atoms with Crippen molar-refractivity contribution in [3.05, 3.63) is 11.5 Å². The van der Waals surface area contributed by atoms with Crippen molar-refractivity contribution in [3.63, 3.8) is 0 Å². The predicted octanol–water partition coefficient (Wildman–Crippen LogP) is -0.0654. The van der Waals surface area contributed by atoms with Crippen molar-refractivity contribution < 1.29 is 15.0 Å². The van der Waals surface area contributed by atoms with Crippen molar-refractivity contribution in [2.45, 2.75) is 12.5 Å². The predicted molar refractivity (Wildman–Crippen MR) is 44.8 cm³/mol. The van der Waals surface area contributed by atoms with Crippen LogP contribution in [0.1, 0.15) is 6.92 Å². The molecule has 0 aromatic heterocycles. The van der Waals surface area contributed by atoms with Crippen molar-refractivity contribution in [1.82, 2.24) is 5.32 Å². The molecule has 0 aromatic carbocycles. The lowest BCUT2D eigenvalue weighted by Gasteiger charge is -2.19. The largest absolute Gasteiger partial charge is 0.494 e. The fraction of sp³-hybridized carbons (Fsp3) is 0.333. The van der Waals surface area contributed by atoms with Gasteiger partial charge in [0.1, 0.15) is 5.57 Å². The molecule has 0 saturated heterocycles. The number of carbonyl (C=O) groups excluding carboxylic acids is 1. The first-order valence-electron chi connectivity index (χ1n) is 3.16. The maximum absolute atomic E-state index is 11.1. The van der Waals surface area contributed by atoms with Crippen LogP contribution in [0.3, 0.4) is 0 Å². The summed E-state index contributed by atoms with van der Waals surface area (Å²) in [6.07, 6.45) is 0. The van der Waals surface area contributed by atoms with Crippen molar-refractivity contribution in [1.29, 1.82) is 5.41 Å². The molecule has 6 heteroatoms. The number of aliphatic hydroxyl groups is 2. The Balaban J connectivity index is 3.01. The lowest BCUT2D eigenvalue weighted by atomic mass is 10.2. The van der Waals surface area contributed by atoms with Crippen LogP contribution in [0.4, 0.5) is 0 Å². The molecule has 0 saturated carbocycles. The lowest BCUT2D eigenvalue weighted by Crippen LogP contribution is -2.34.